The lowest BCUT2D eigenvalue weighted by Crippen LogP contribution is -2.52. The summed E-state index contributed by atoms with van der Waals surface area (Å²) >= 11 is 0. The molecule has 0 radical (unpaired) electrons. The molecule has 3 N–H and O–H groups in total. The fourth-order valence-corrected chi connectivity index (χ4v) is 11.3. The monoisotopic (exact) mass is 1370 g/mol. The van der Waals surface area contributed by atoms with Crippen molar-refractivity contribution in [3.05, 3.63) is 316 Å². The van der Waals surface area contributed by atoms with Crippen LogP contribution >= 0.6 is 0 Å². The molecule has 25 heteroatoms. The number of unbranched alkanes of at least 4 members (excludes halogenated alkanes) is 2. The molecule has 25 nitrogen and oxygen atoms in total. The topological polar surface area (TPSA) is 290 Å². The number of benzene rings is 5. The van der Waals surface area contributed by atoms with Crippen molar-refractivity contribution in [2.75, 3.05) is 45.8 Å². The molecular weight excluding hydrogens is 1290 g/mol. The third kappa shape index (κ3) is 19.0. The maximum Gasteiger partial charge on any atom is 0.283 e. The molecule has 1 unspecified atom stereocenters. The highest BCUT2D eigenvalue weighted by Gasteiger charge is 2.36. The van der Waals surface area contributed by atoms with Gasteiger partial charge in [0.05, 0.1) is 11.1 Å². The van der Waals surface area contributed by atoms with Crippen molar-refractivity contribution in [2.24, 2.45) is 0 Å². The Balaban J connectivity index is 0.923. The van der Waals surface area contributed by atoms with E-state index in [1.54, 1.807) is 97.1 Å². The van der Waals surface area contributed by atoms with Gasteiger partial charge in [0.1, 0.15) is 55.2 Å². The summed E-state index contributed by atoms with van der Waals surface area (Å²) in [5, 5.41) is 8.62. The molecule has 5 heterocycles. The van der Waals surface area contributed by atoms with Gasteiger partial charge in [0.2, 0.25) is 5.91 Å². The molecule has 10 rings (SSSR count). The Morgan fingerprint density at radius 1 is 0.347 bits per heavy atom. The van der Waals surface area contributed by atoms with Crippen molar-refractivity contribution < 1.29 is 52.9 Å². The summed E-state index contributed by atoms with van der Waals surface area (Å²) in [5.74, 6) is -4.26. The highest BCUT2D eigenvalue weighted by atomic mass is 16.7. The molecule has 5 aromatic carbocycles. The highest BCUT2D eigenvalue weighted by molar-refractivity contribution is 6.21. The lowest BCUT2D eigenvalue weighted by Gasteiger charge is -2.32. The van der Waals surface area contributed by atoms with E-state index in [0.717, 1.165) is 30.0 Å². The minimum absolute atomic E-state index is 0.00537. The molecule has 0 aliphatic carbocycles. The molecule has 7 amide bonds. The van der Waals surface area contributed by atoms with Gasteiger partial charge in [-0.1, -0.05) is 158 Å². The lowest BCUT2D eigenvalue weighted by molar-refractivity contribution is -0.126. The number of carbonyl (C=O) groups is 7. The Morgan fingerprint density at radius 3 is 1.13 bits per heavy atom. The predicted octanol–water partition coefficient (Wildman–Crippen LogP) is 5.80. The average Bonchev–Trinajstić information content (AvgIpc) is 1.71. The van der Waals surface area contributed by atoms with E-state index in [-0.39, 0.29) is 121 Å². The number of hydrogen-bond acceptors (Lipinski definition) is 15. The number of hydrogen-bond donors (Lipinski definition) is 3. The molecule has 0 saturated carbocycles. The SMILES string of the molecule is O=C(NCCCN(CCCC(C(=O)NCCCCCN1C(=O)c2ccccc2C1=O)N(CCCNC(=O)c1cccc(=O)n1OCc1ccccc1)C(=O)c1cccc(=O)n1OCc1ccccc1)C(=O)c1cccc(=O)n1OCc1ccccc1)c1cccc(=O)n1OCc1ccccc1. The van der Waals surface area contributed by atoms with Crippen LogP contribution in [0.25, 0.3) is 0 Å². The van der Waals surface area contributed by atoms with Crippen LogP contribution in [-0.2, 0) is 31.2 Å². The van der Waals surface area contributed by atoms with E-state index in [1.807, 2.05) is 48.5 Å². The zero-order chi connectivity index (χ0) is 70.9. The minimum Gasteiger partial charge on any atom is -0.405 e. The normalized spacial score (nSPS) is 11.8. The summed E-state index contributed by atoms with van der Waals surface area (Å²) in [4.78, 5) is 181. The zero-order valence-corrected chi connectivity index (χ0v) is 55.3. The fraction of sp³-hybridized carbons (Fsp3) is 0.250. The van der Waals surface area contributed by atoms with Crippen LogP contribution in [0.3, 0.4) is 0 Å². The van der Waals surface area contributed by atoms with Crippen LogP contribution in [0.1, 0.15) is 130 Å². The standard InChI is InChI=1S/C76H76N10O15/c87-66-40-18-35-62(83(66)98-51-55-25-6-1-7-26-55)71(92)78-45-23-48-80(75(96)64-37-20-42-68(89)85(64)100-53-57-29-10-3-11-30-57)47-22-39-61(70(91)77-44-16-5-17-49-82-73(94)59-33-14-15-34-60(59)74(82)95)81(76(97)65-38-21-43-69(90)86(65)101-54-58-31-12-4-13-32-58)50-24-46-79-72(93)63-36-19-41-67(88)84(63)99-52-56-27-8-2-9-28-56/h1-4,6-15,18-21,25-38,40-43,61H,5,16-17,22-24,39,44-54H2,(H,77,91)(H,78,92)(H,79,93). The Labute approximate surface area is 580 Å². The molecular formula is C76H76N10O15. The van der Waals surface area contributed by atoms with Crippen LogP contribution in [0, 0.1) is 0 Å². The number of rotatable bonds is 36. The fourth-order valence-electron chi connectivity index (χ4n) is 11.3. The average molecular weight is 1370 g/mol. The molecule has 1 atom stereocenters. The van der Waals surface area contributed by atoms with Gasteiger partial charge in [-0.15, -0.1) is 18.9 Å². The van der Waals surface area contributed by atoms with Crippen LogP contribution < -0.4 is 57.5 Å². The molecule has 0 saturated heterocycles. The van der Waals surface area contributed by atoms with Gasteiger partial charge < -0.3 is 45.1 Å². The second-order valence-electron chi connectivity index (χ2n) is 23.5. The number of amides is 7. The summed E-state index contributed by atoms with van der Waals surface area (Å²) in [6.45, 7) is -0.646. The largest absolute Gasteiger partial charge is 0.405 e. The summed E-state index contributed by atoms with van der Waals surface area (Å²) in [7, 11) is 0. The summed E-state index contributed by atoms with van der Waals surface area (Å²) < 4.78 is 3.55. The van der Waals surface area contributed by atoms with Crippen molar-refractivity contribution >= 4 is 41.4 Å². The zero-order valence-electron chi connectivity index (χ0n) is 55.3. The first kappa shape index (κ1) is 71.4. The number of fused-ring (bicyclic) bond motifs is 1. The van der Waals surface area contributed by atoms with Crippen molar-refractivity contribution in [3.63, 3.8) is 0 Å². The second-order valence-corrected chi connectivity index (χ2v) is 23.5. The van der Waals surface area contributed by atoms with Crippen molar-refractivity contribution in [1.29, 1.82) is 0 Å². The van der Waals surface area contributed by atoms with E-state index in [1.165, 1.54) is 87.5 Å². The maximum absolute atomic E-state index is 15.6. The van der Waals surface area contributed by atoms with Crippen LogP contribution in [0.4, 0.5) is 0 Å². The van der Waals surface area contributed by atoms with Gasteiger partial charge in [-0.05, 0) is 104 Å². The van der Waals surface area contributed by atoms with E-state index >= 15 is 14.4 Å². The van der Waals surface area contributed by atoms with Crippen molar-refractivity contribution in [2.45, 2.75) is 77.4 Å². The van der Waals surface area contributed by atoms with E-state index < -0.39 is 69.6 Å². The van der Waals surface area contributed by atoms with Crippen LogP contribution in [0.2, 0.25) is 0 Å². The van der Waals surface area contributed by atoms with Gasteiger partial charge in [-0.2, -0.15) is 0 Å². The smallest absolute Gasteiger partial charge is 0.283 e. The quantitative estimate of drug-likeness (QED) is 0.0309. The Hall–Kier alpha value is -12.4. The van der Waals surface area contributed by atoms with Gasteiger partial charge in [-0.25, -0.2) is 0 Å². The van der Waals surface area contributed by atoms with Crippen LogP contribution in [0.5, 0.6) is 0 Å². The third-order valence-electron chi connectivity index (χ3n) is 16.5. The highest BCUT2D eigenvalue weighted by Crippen LogP contribution is 2.23. The number of pyridine rings is 4. The molecule has 9 aromatic rings. The van der Waals surface area contributed by atoms with E-state index in [2.05, 4.69) is 16.0 Å². The predicted molar refractivity (Wildman–Crippen MR) is 372 cm³/mol. The first-order chi connectivity index (χ1) is 49.2. The molecule has 4 aromatic heterocycles. The third-order valence-corrected chi connectivity index (χ3v) is 16.5. The van der Waals surface area contributed by atoms with Crippen molar-refractivity contribution in [1.82, 2.24) is 49.6 Å². The lowest BCUT2D eigenvalue weighted by atomic mass is 10.1. The first-order valence-electron chi connectivity index (χ1n) is 33.2. The Kier molecular flexibility index (Phi) is 25.2. The van der Waals surface area contributed by atoms with Gasteiger partial charge in [0.25, 0.3) is 57.7 Å². The Morgan fingerprint density at radius 2 is 0.703 bits per heavy atom. The van der Waals surface area contributed by atoms with Gasteiger partial charge in [0.15, 0.2) is 0 Å². The van der Waals surface area contributed by atoms with Crippen molar-refractivity contribution in [3.8, 4) is 0 Å². The number of nitrogens with one attached hydrogen (secondary N) is 3. The number of nitrogens with zero attached hydrogens (tertiary/aromatic N) is 7. The molecule has 0 spiro atoms. The second kappa shape index (κ2) is 35.7. The number of carbonyl (C=O) groups excluding carboxylic acids is 7. The van der Waals surface area contributed by atoms with E-state index in [0.29, 0.717) is 41.5 Å². The van der Waals surface area contributed by atoms with Crippen LogP contribution in [-0.4, -0.2) is 127 Å². The molecule has 0 bridgehead atoms. The van der Waals surface area contributed by atoms with Crippen LogP contribution in [0.15, 0.2) is 238 Å². The maximum atomic E-state index is 15.6. The molecule has 1 aliphatic rings. The van der Waals surface area contributed by atoms with Gasteiger partial charge in [-0.3, -0.25) is 57.6 Å². The summed E-state index contributed by atoms with van der Waals surface area (Å²) in [5.41, 5.74) is 0.396. The minimum atomic E-state index is -1.38. The first-order valence-corrected chi connectivity index (χ1v) is 33.2. The van der Waals surface area contributed by atoms with Gasteiger partial charge in [0, 0.05) is 70.1 Å². The molecule has 101 heavy (non-hydrogen) atoms. The van der Waals surface area contributed by atoms with E-state index in [4.69, 9.17) is 19.4 Å². The Bertz CT molecular complexity index is 4570. The van der Waals surface area contributed by atoms with Gasteiger partial charge >= 0.3 is 0 Å². The number of imide groups is 1. The summed E-state index contributed by atoms with van der Waals surface area (Å²) in [6.07, 6.45) is 1.19. The molecule has 0 fully saturated rings. The van der Waals surface area contributed by atoms with E-state index in [9.17, 15) is 38.4 Å². The molecule has 1 aliphatic heterocycles. The summed E-state index contributed by atoms with van der Waals surface area (Å²) in [6, 6.07) is 57.5. The molecule has 520 valence electrons. The number of aromatic nitrogens is 4.